The standard InChI is InChI=1S/C11H11NO4/c1-8(13)16-10-5-3-4-9(12-10)6-7-11(14)15-2/h3-7H,1-2H3/b7-6+. The summed E-state index contributed by atoms with van der Waals surface area (Å²) in [4.78, 5) is 25.5. The molecule has 0 aliphatic rings. The van der Waals surface area contributed by atoms with E-state index in [0.29, 0.717) is 5.69 Å². The number of ether oxygens (including phenoxy) is 2. The number of rotatable bonds is 3. The molecule has 0 saturated heterocycles. The molecular weight excluding hydrogens is 210 g/mol. The molecule has 0 fully saturated rings. The number of hydrogen-bond donors (Lipinski definition) is 0. The highest BCUT2D eigenvalue weighted by atomic mass is 16.5. The number of aromatic nitrogens is 1. The van der Waals surface area contributed by atoms with Crippen LogP contribution in [0.25, 0.3) is 6.08 Å². The lowest BCUT2D eigenvalue weighted by atomic mass is 10.3. The SMILES string of the molecule is COC(=O)/C=C/c1cccc(OC(C)=O)n1. The lowest BCUT2D eigenvalue weighted by molar-refractivity contribution is -0.135. The highest BCUT2D eigenvalue weighted by molar-refractivity contribution is 5.86. The summed E-state index contributed by atoms with van der Waals surface area (Å²) in [7, 11) is 1.29. The van der Waals surface area contributed by atoms with Crippen molar-refractivity contribution >= 4 is 18.0 Å². The van der Waals surface area contributed by atoms with Gasteiger partial charge in [-0.3, -0.25) is 4.79 Å². The summed E-state index contributed by atoms with van der Waals surface area (Å²) in [5.41, 5.74) is 0.504. The average molecular weight is 221 g/mol. The van der Waals surface area contributed by atoms with Gasteiger partial charge in [0, 0.05) is 19.1 Å². The minimum absolute atomic E-state index is 0.194. The lowest BCUT2D eigenvalue weighted by Gasteiger charge is -2.00. The van der Waals surface area contributed by atoms with Gasteiger partial charge in [-0.2, -0.15) is 0 Å². The van der Waals surface area contributed by atoms with Crippen molar-refractivity contribution in [1.29, 1.82) is 0 Å². The first-order valence-electron chi connectivity index (χ1n) is 4.53. The molecule has 0 bridgehead atoms. The fourth-order valence-electron chi connectivity index (χ4n) is 0.949. The van der Waals surface area contributed by atoms with Crippen LogP contribution in [-0.2, 0) is 14.3 Å². The Hall–Kier alpha value is -2.17. The smallest absolute Gasteiger partial charge is 0.330 e. The van der Waals surface area contributed by atoms with Crippen LogP contribution in [-0.4, -0.2) is 24.0 Å². The number of pyridine rings is 1. The van der Waals surface area contributed by atoms with Crippen LogP contribution in [0.15, 0.2) is 24.3 Å². The van der Waals surface area contributed by atoms with Crippen molar-refractivity contribution in [1.82, 2.24) is 4.98 Å². The zero-order valence-electron chi connectivity index (χ0n) is 8.97. The second-order valence-corrected chi connectivity index (χ2v) is 2.85. The molecule has 0 radical (unpaired) electrons. The maximum Gasteiger partial charge on any atom is 0.330 e. The number of nitrogens with zero attached hydrogens (tertiary/aromatic N) is 1. The molecule has 0 saturated carbocycles. The maximum atomic E-state index is 10.8. The predicted molar refractivity (Wildman–Crippen MR) is 56.6 cm³/mol. The van der Waals surface area contributed by atoms with Gasteiger partial charge in [0.2, 0.25) is 5.88 Å². The monoisotopic (exact) mass is 221 g/mol. The Balaban J connectivity index is 2.78. The summed E-state index contributed by atoms with van der Waals surface area (Å²) in [5.74, 6) is -0.721. The largest absolute Gasteiger partial charge is 0.466 e. The van der Waals surface area contributed by atoms with E-state index in [0.717, 1.165) is 0 Å². The Labute approximate surface area is 92.7 Å². The van der Waals surface area contributed by atoms with Crippen LogP contribution in [0.1, 0.15) is 12.6 Å². The molecule has 84 valence electrons. The van der Waals surface area contributed by atoms with Crippen LogP contribution in [0.3, 0.4) is 0 Å². The number of hydrogen-bond acceptors (Lipinski definition) is 5. The first-order valence-corrected chi connectivity index (χ1v) is 4.53. The Morgan fingerprint density at radius 3 is 2.75 bits per heavy atom. The summed E-state index contributed by atoms with van der Waals surface area (Å²) in [6.07, 6.45) is 2.71. The van der Waals surface area contributed by atoms with Gasteiger partial charge in [0.25, 0.3) is 0 Å². The molecule has 1 aromatic heterocycles. The summed E-state index contributed by atoms with van der Waals surface area (Å²) in [6.45, 7) is 1.29. The van der Waals surface area contributed by atoms with Gasteiger partial charge < -0.3 is 9.47 Å². The number of esters is 2. The van der Waals surface area contributed by atoms with E-state index in [2.05, 4.69) is 9.72 Å². The molecule has 1 rings (SSSR count). The second-order valence-electron chi connectivity index (χ2n) is 2.85. The number of methoxy groups -OCH3 is 1. The van der Waals surface area contributed by atoms with Crippen molar-refractivity contribution in [2.75, 3.05) is 7.11 Å². The van der Waals surface area contributed by atoms with E-state index in [1.54, 1.807) is 18.2 Å². The molecule has 0 atom stereocenters. The third-order valence-corrected chi connectivity index (χ3v) is 1.58. The molecule has 0 aromatic carbocycles. The molecular formula is C11H11NO4. The highest BCUT2D eigenvalue weighted by Crippen LogP contribution is 2.08. The summed E-state index contributed by atoms with van der Waals surface area (Å²) < 4.78 is 9.22. The third kappa shape index (κ3) is 3.91. The molecule has 1 heterocycles. The number of carbonyl (C=O) groups excluding carboxylic acids is 2. The van der Waals surface area contributed by atoms with Crippen LogP contribution in [0, 0.1) is 0 Å². The fraction of sp³-hybridized carbons (Fsp3) is 0.182. The van der Waals surface area contributed by atoms with Crippen LogP contribution in [0.2, 0.25) is 0 Å². The van der Waals surface area contributed by atoms with E-state index in [1.165, 1.54) is 26.2 Å². The van der Waals surface area contributed by atoms with Gasteiger partial charge in [-0.05, 0) is 12.1 Å². The molecule has 0 N–H and O–H groups in total. The van der Waals surface area contributed by atoms with Crippen molar-refractivity contribution in [3.63, 3.8) is 0 Å². The average Bonchev–Trinajstić information content (AvgIpc) is 2.25. The van der Waals surface area contributed by atoms with Crippen LogP contribution < -0.4 is 4.74 Å². The number of carbonyl (C=O) groups is 2. The molecule has 0 amide bonds. The first kappa shape index (κ1) is 11.9. The molecule has 5 nitrogen and oxygen atoms in total. The van der Waals surface area contributed by atoms with Crippen LogP contribution >= 0.6 is 0 Å². The maximum absolute atomic E-state index is 10.8. The van der Waals surface area contributed by atoms with Crippen molar-refractivity contribution in [3.8, 4) is 5.88 Å². The minimum Gasteiger partial charge on any atom is -0.466 e. The lowest BCUT2D eigenvalue weighted by Crippen LogP contribution is -2.03. The van der Waals surface area contributed by atoms with Crippen molar-refractivity contribution in [2.45, 2.75) is 6.92 Å². The van der Waals surface area contributed by atoms with Gasteiger partial charge in [0.1, 0.15) is 0 Å². The Morgan fingerprint density at radius 1 is 1.38 bits per heavy atom. The van der Waals surface area contributed by atoms with Crippen LogP contribution in [0.5, 0.6) is 5.88 Å². The Bertz CT molecular complexity index is 426. The van der Waals surface area contributed by atoms with E-state index in [1.807, 2.05) is 0 Å². The molecule has 0 unspecified atom stereocenters. The van der Waals surface area contributed by atoms with E-state index in [4.69, 9.17) is 4.74 Å². The van der Waals surface area contributed by atoms with Gasteiger partial charge in [-0.1, -0.05) is 6.07 Å². The summed E-state index contributed by atoms with van der Waals surface area (Å²) in [6, 6.07) is 4.89. The Kier molecular flexibility index (Phi) is 4.20. The Morgan fingerprint density at radius 2 is 2.12 bits per heavy atom. The molecule has 0 spiro atoms. The third-order valence-electron chi connectivity index (χ3n) is 1.58. The van der Waals surface area contributed by atoms with E-state index in [-0.39, 0.29) is 5.88 Å². The molecule has 16 heavy (non-hydrogen) atoms. The molecule has 5 heteroatoms. The van der Waals surface area contributed by atoms with E-state index < -0.39 is 11.9 Å². The molecule has 1 aromatic rings. The molecule has 0 aliphatic heterocycles. The van der Waals surface area contributed by atoms with Gasteiger partial charge >= 0.3 is 11.9 Å². The van der Waals surface area contributed by atoms with Gasteiger partial charge in [-0.15, -0.1) is 0 Å². The quantitative estimate of drug-likeness (QED) is 0.566. The van der Waals surface area contributed by atoms with Gasteiger partial charge in [-0.25, -0.2) is 9.78 Å². The predicted octanol–water partition coefficient (Wildman–Crippen LogP) is 1.19. The topological polar surface area (TPSA) is 65.5 Å². The minimum atomic E-state index is -0.473. The van der Waals surface area contributed by atoms with E-state index >= 15 is 0 Å². The van der Waals surface area contributed by atoms with Gasteiger partial charge in [0.15, 0.2) is 0 Å². The van der Waals surface area contributed by atoms with Gasteiger partial charge in [0.05, 0.1) is 12.8 Å². The highest BCUT2D eigenvalue weighted by Gasteiger charge is 2.00. The zero-order chi connectivity index (χ0) is 12.0. The zero-order valence-corrected chi connectivity index (χ0v) is 8.97. The van der Waals surface area contributed by atoms with Crippen molar-refractivity contribution < 1.29 is 19.1 Å². The van der Waals surface area contributed by atoms with Crippen molar-refractivity contribution in [3.05, 3.63) is 30.0 Å². The van der Waals surface area contributed by atoms with E-state index in [9.17, 15) is 9.59 Å². The molecule has 0 aliphatic carbocycles. The second kappa shape index (κ2) is 5.65. The van der Waals surface area contributed by atoms with Crippen LogP contribution in [0.4, 0.5) is 0 Å². The van der Waals surface area contributed by atoms with Crippen molar-refractivity contribution in [2.24, 2.45) is 0 Å². The summed E-state index contributed by atoms with van der Waals surface area (Å²) in [5, 5.41) is 0. The fourth-order valence-corrected chi connectivity index (χ4v) is 0.949. The first-order chi connectivity index (χ1) is 7.61. The summed E-state index contributed by atoms with van der Waals surface area (Å²) >= 11 is 0. The normalized spacial score (nSPS) is 10.1.